The zero-order valence-corrected chi connectivity index (χ0v) is 19.7. The van der Waals surface area contributed by atoms with E-state index in [1.807, 2.05) is 36.4 Å². The first-order chi connectivity index (χ1) is 15.2. The fourth-order valence-corrected chi connectivity index (χ4v) is 4.89. The number of rotatable bonds is 5. The number of nitrogens with zero attached hydrogens (tertiary/aromatic N) is 3. The van der Waals surface area contributed by atoms with Crippen LogP contribution in [0.2, 0.25) is 0 Å². The van der Waals surface area contributed by atoms with Crippen LogP contribution in [0.3, 0.4) is 0 Å². The lowest BCUT2D eigenvalue weighted by Gasteiger charge is -2.27. The van der Waals surface area contributed by atoms with Gasteiger partial charge >= 0.3 is 0 Å². The second kappa shape index (κ2) is 8.90. The molecule has 0 bridgehead atoms. The van der Waals surface area contributed by atoms with Crippen molar-refractivity contribution < 1.29 is 8.42 Å². The van der Waals surface area contributed by atoms with Crippen molar-refractivity contribution in [1.29, 1.82) is 0 Å². The fraction of sp³-hybridized carbons (Fsp3) is 0.360. The van der Waals surface area contributed by atoms with Gasteiger partial charge in [0.15, 0.2) is 5.82 Å². The summed E-state index contributed by atoms with van der Waals surface area (Å²) in [5.74, 6) is 0.912. The maximum Gasteiger partial charge on any atom is 0.261 e. The molecule has 1 fully saturated rings. The van der Waals surface area contributed by atoms with Gasteiger partial charge in [-0.25, -0.2) is 8.42 Å². The van der Waals surface area contributed by atoms with Gasteiger partial charge in [-0.3, -0.25) is 4.72 Å². The molecule has 2 aromatic carbocycles. The number of hydrogen-bond acceptors (Lipinski definition) is 5. The molecule has 1 aliphatic heterocycles. The van der Waals surface area contributed by atoms with Gasteiger partial charge in [-0.05, 0) is 66.6 Å². The van der Waals surface area contributed by atoms with E-state index in [2.05, 4.69) is 40.6 Å². The van der Waals surface area contributed by atoms with Crippen LogP contribution in [0.15, 0.2) is 65.6 Å². The van der Waals surface area contributed by atoms with E-state index in [4.69, 9.17) is 0 Å². The minimum atomic E-state index is -3.65. The van der Waals surface area contributed by atoms with Crippen LogP contribution >= 0.6 is 0 Å². The Kier molecular flexibility index (Phi) is 6.20. The monoisotopic (exact) mass is 450 g/mol. The lowest BCUT2D eigenvalue weighted by Crippen LogP contribution is -2.30. The molecule has 0 atom stereocenters. The standard InChI is InChI=1S/C25H30N4O2S/c1-25(2,3)20-9-13-22(14-10-20)32(30,31)28-21-11-7-19(8-12-21)23-15-16-24(27-26-23)29-17-5-4-6-18-29/h7-16,28H,4-6,17-18H2,1-3H3. The van der Waals surface area contributed by atoms with Gasteiger partial charge in [-0.15, -0.1) is 10.2 Å². The van der Waals surface area contributed by atoms with Crippen LogP contribution in [-0.4, -0.2) is 31.7 Å². The topological polar surface area (TPSA) is 75.2 Å². The summed E-state index contributed by atoms with van der Waals surface area (Å²) in [6, 6.07) is 18.2. The second-order valence-electron chi connectivity index (χ2n) is 9.28. The van der Waals surface area contributed by atoms with E-state index in [-0.39, 0.29) is 10.3 Å². The Morgan fingerprint density at radius 1 is 0.812 bits per heavy atom. The molecule has 1 saturated heterocycles. The first-order valence-electron chi connectivity index (χ1n) is 11.0. The van der Waals surface area contributed by atoms with Crippen molar-refractivity contribution in [3.63, 3.8) is 0 Å². The molecule has 7 heteroatoms. The highest BCUT2D eigenvalue weighted by Crippen LogP contribution is 2.26. The molecule has 0 radical (unpaired) electrons. The smallest absolute Gasteiger partial charge is 0.261 e. The van der Waals surface area contributed by atoms with E-state index < -0.39 is 10.0 Å². The first kappa shape index (κ1) is 22.3. The van der Waals surface area contributed by atoms with Crippen LogP contribution in [0.4, 0.5) is 11.5 Å². The molecular weight excluding hydrogens is 420 g/mol. The van der Waals surface area contributed by atoms with Gasteiger partial charge in [0.25, 0.3) is 10.0 Å². The van der Waals surface area contributed by atoms with Gasteiger partial charge in [0.05, 0.1) is 10.6 Å². The SMILES string of the molecule is CC(C)(C)c1ccc(S(=O)(=O)Nc2ccc(-c3ccc(N4CCCCC4)nn3)cc2)cc1. The minimum Gasteiger partial charge on any atom is -0.355 e. The lowest BCUT2D eigenvalue weighted by molar-refractivity contribution is 0.571. The van der Waals surface area contributed by atoms with Crippen LogP contribution in [0, 0.1) is 0 Å². The van der Waals surface area contributed by atoms with Crippen LogP contribution in [0.5, 0.6) is 0 Å². The summed E-state index contributed by atoms with van der Waals surface area (Å²) >= 11 is 0. The molecular formula is C25H30N4O2S. The molecule has 1 aromatic heterocycles. The third kappa shape index (κ3) is 5.10. The van der Waals surface area contributed by atoms with Crippen molar-refractivity contribution in [2.24, 2.45) is 0 Å². The maximum atomic E-state index is 12.8. The molecule has 2 heterocycles. The summed E-state index contributed by atoms with van der Waals surface area (Å²) in [4.78, 5) is 2.51. The number of sulfonamides is 1. The highest BCUT2D eigenvalue weighted by Gasteiger charge is 2.18. The summed E-state index contributed by atoms with van der Waals surface area (Å²) in [7, 11) is -3.65. The molecule has 0 aliphatic carbocycles. The number of benzene rings is 2. The summed E-state index contributed by atoms with van der Waals surface area (Å²) in [5, 5.41) is 8.76. The van der Waals surface area contributed by atoms with E-state index in [0.29, 0.717) is 5.69 Å². The normalized spacial score (nSPS) is 14.9. The summed E-state index contributed by atoms with van der Waals surface area (Å²) in [5.41, 5.74) is 3.22. The molecule has 6 nitrogen and oxygen atoms in total. The quantitative estimate of drug-likeness (QED) is 0.576. The molecule has 32 heavy (non-hydrogen) atoms. The van der Waals surface area contributed by atoms with Crippen LogP contribution in [0.1, 0.15) is 45.6 Å². The summed E-state index contributed by atoms with van der Waals surface area (Å²) in [6.45, 7) is 8.36. The van der Waals surface area contributed by atoms with Gasteiger partial charge in [0.2, 0.25) is 0 Å². The molecule has 1 N–H and O–H groups in total. The van der Waals surface area contributed by atoms with Gasteiger partial charge in [-0.2, -0.15) is 0 Å². The van der Waals surface area contributed by atoms with Crippen molar-refractivity contribution >= 4 is 21.5 Å². The average molecular weight is 451 g/mol. The average Bonchev–Trinajstić information content (AvgIpc) is 2.80. The highest BCUT2D eigenvalue weighted by atomic mass is 32.2. The second-order valence-corrected chi connectivity index (χ2v) is 11.0. The molecule has 0 unspecified atom stereocenters. The Balaban J connectivity index is 1.45. The third-order valence-electron chi connectivity index (χ3n) is 5.79. The van der Waals surface area contributed by atoms with Crippen molar-refractivity contribution in [2.45, 2.75) is 50.3 Å². The fourth-order valence-electron chi connectivity index (χ4n) is 3.83. The van der Waals surface area contributed by atoms with E-state index in [9.17, 15) is 8.42 Å². The van der Waals surface area contributed by atoms with E-state index in [1.54, 1.807) is 24.3 Å². The van der Waals surface area contributed by atoms with Gasteiger partial charge < -0.3 is 4.90 Å². The maximum absolute atomic E-state index is 12.8. The third-order valence-corrected chi connectivity index (χ3v) is 7.19. The van der Waals surface area contributed by atoms with Crippen molar-refractivity contribution in [3.05, 3.63) is 66.2 Å². The lowest BCUT2D eigenvalue weighted by atomic mass is 9.87. The first-order valence-corrected chi connectivity index (χ1v) is 12.5. The molecule has 168 valence electrons. The Morgan fingerprint density at radius 2 is 1.47 bits per heavy atom. The van der Waals surface area contributed by atoms with Crippen LogP contribution in [0.25, 0.3) is 11.3 Å². The largest absolute Gasteiger partial charge is 0.355 e. The highest BCUT2D eigenvalue weighted by molar-refractivity contribution is 7.92. The van der Waals surface area contributed by atoms with Gasteiger partial charge in [0.1, 0.15) is 0 Å². The molecule has 0 saturated carbocycles. The molecule has 3 aromatic rings. The van der Waals surface area contributed by atoms with Gasteiger partial charge in [-0.1, -0.05) is 45.0 Å². The molecule has 0 spiro atoms. The summed E-state index contributed by atoms with van der Waals surface area (Å²) in [6.07, 6.45) is 3.67. The predicted octanol–water partition coefficient (Wildman–Crippen LogP) is 5.23. The molecule has 1 aliphatic rings. The van der Waals surface area contributed by atoms with Crippen molar-refractivity contribution in [2.75, 3.05) is 22.7 Å². The Labute approximate surface area is 190 Å². The van der Waals surface area contributed by atoms with E-state index in [0.717, 1.165) is 35.7 Å². The van der Waals surface area contributed by atoms with Crippen LogP contribution < -0.4 is 9.62 Å². The Bertz CT molecular complexity index is 1140. The van der Waals surface area contributed by atoms with E-state index >= 15 is 0 Å². The van der Waals surface area contributed by atoms with Crippen molar-refractivity contribution in [1.82, 2.24) is 10.2 Å². The van der Waals surface area contributed by atoms with E-state index in [1.165, 1.54) is 19.3 Å². The zero-order valence-electron chi connectivity index (χ0n) is 18.9. The summed E-state index contributed by atoms with van der Waals surface area (Å²) < 4.78 is 28.2. The Hall–Kier alpha value is -2.93. The Morgan fingerprint density at radius 3 is 2.03 bits per heavy atom. The predicted molar refractivity (Wildman–Crippen MR) is 129 cm³/mol. The number of anilines is 2. The molecule has 0 amide bonds. The molecule has 4 rings (SSSR count). The van der Waals surface area contributed by atoms with Gasteiger partial charge in [0, 0.05) is 24.3 Å². The minimum absolute atomic E-state index is 0.0274. The van der Waals surface area contributed by atoms with Crippen LogP contribution in [-0.2, 0) is 15.4 Å². The number of hydrogen-bond donors (Lipinski definition) is 1. The zero-order chi connectivity index (χ0) is 22.8. The number of nitrogens with one attached hydrogen (secondary N) is 1. The van der Waals surface area contributed by atoms with Crippen molar-refractivity contribution in [3.8, 4) is 11.3 Å². The number of aromatic nitrogens is 2. The number of piperidine rings is 1.